The van der Waals surface area contributed by atoms with Gasteiger partial charge in [0.05, 0.1) is 11.4 Å². The van der Waals surface area contributed by atoms with Gasteiger partial charge >= 0.3 is 0 Å². The lowest BCUT2D eigenvalue weighted by atomic mass is 10.1. The zero-order valence-corrected chi connectivity index (χ0v) is 12.7. The number of hydrogen-bond donors (Lipinski definition) is 2. The van der Waals surface area contributed by atoms with Gasteiger partial charge in [0.2, 0.25) is 0 Å². The summed E-state index contributed by atoms with van der Waals surface area (Å²) >= 11 is 0. The Labute approximate surface area is 127 Å². The Bertz CT molecular complexity index is 513. The topological polar surface area (TPSA) is 49.8 Å². The molecular formula is C17H24N4. The van der Waals surface area contributed by atoms with E-state index in [0.29, 0.717) is 0 Å². The lowest BCUT2D eigenvalue weighted by Crippen LogP contribution is -2.27. The Balaban J connectivity index is 1.64. The third kappa shape index (κ3) is 5.61. The molecule has 4 heteroatoms. The summed E-state index contributed by atoms with van der Waals surface area (Å²) in [6.45, 7) is 5.70. The number of hydrogen-bond acceptors (Lipinski definition) is 4. The third-order valence-corrected chi connectivity index (χ3v) is 3.31. The van der Waals surface area contributed by atoms with Gasteiger partial charge in [0.25, 0.3) is 0 Å². The van der Waals surface area contributed by atoms with Crippen LogP contribution in [0.2, 0.25) is 0 Å². The molecule has 0 spiro atoms. The molecule has 0 aliphatic carbocycles. The van der Waals surface area contributed by atoms with Crippen LogP contribution in [0.3, 0.4) is 0 Å². The summed E-state index contributed by atoms with van der Waals surface area (Å²) in [5, 5.41) is 6.82. The molecule has 0 amide bonds. The summed E-state index contributed by atoms with van der Waals surface area (Å²) in [4.78, 5) is 8.75. The number of aryl methyl sites for hydroxylation is 1. The lowest BCUT2D eigenvalue weighted by molar-refractivity contribution is 0.599. The van der Waals surface area contributed by atoms with Gasteiger partial charge in [-0.3, -0.25) is 9.97 Å². The minimum absolute atomic E-state index is 0.813. The van der Waals surface area contributed by atoms with Crippen LogP contribution in [-0.2, 0) is 19.5 Å². The molecule has 0 aromatic carbocycles. The van der Waals surface area contributed by atoms with Gasteiger partial charge in [-0.2, -0.15) is 0 Å². The Hall–Kier alpha value is -1.78. The summed E-state index contributed by atoms with van der Waals surface area (Å²) in [7, 11) is 0. The fourth-order valence-corrected chi connectivity index (χ4v) is 2.23. The minimum atomic E-state index is 0.813. The molecule has 2 aromatic heterocycles. The van der Waals surface area contributed by atoms with E-state index in [1.807, 2.05) is 36.7 Å². The van der Waals surface area contributed by atoms with E-state index in [0.717, 1.165) is 44.7 Å². The molecule has 0 bridgehead atoms. The normalized spacial score (nSPS) is 10.7. The van der Waals surface area contributed by atoms with Gasteiger partial charge in [-0.1, -0.05) is 25.5 Å². The predicted molar refractivity (Wildman–Crippen MR) is 85.9 cm³/mol. The van der Waals surface area contributed by atoms with E-state index in [9.17, 15) is 0 Å². The number of pyridine rings is 2. The minimum Gasteiger partial charge on any atom is -0.310 e. The molecule has 0 atom stereocenters. The molecule has 0 saturated carbocycles. The maximum Gasteiger partial charge on any atom is 0.0573 e. The summed E-state index contributed by atoms with van der Waals surface area (Å²) in [6.07, 6.45) is 5.95. The van der Waals surface area contributed by atoms with E-state index in [2.05, 4.69) is 33.6 Å². The molecule has 2 heterocycles. The molecule has 21 heavy (non-hydrogen) atoms. The average molecular weight is 284 g/mol. The Morgan fingerprint density at radius 2 is 1.71 bits per heavy atom. The second-order valence-electron chi connectivity index (χ2n) is 5.03. The summed E-state index contributed by atoms with van der Waals surface area (Å²) in [5.41, 5.74) is 3.60. The molecular weight excluding hydrogens is 260 g/mol. The van der Waals surface area contributed by atoms with Crippen molar-refractivity contribution in [1.82, 2.24) is 20.6 Å². The highest BCUT2D eigenvalue weighted by Crippen LogP contribution is 2.07. The van der Waals surface area contributed by atoms with Crippen molar-refractivity contribution in [2.75, 3.05) is 13.1 Å². The fourth-order valence-electron chi connectivity index (χ4n) is 2.23. The van der Waals surface area contributed by atoms with E-state index in [1.165, 1.54) is 11.3 Å². The molecule has 2 N–H and O–H groups in total. The van der Waals surface area contributed by atoms with Crippen LogP contribution in [0.15, 0.2) is 42.7 Å². The SMILES string of the molecule is CCCc1cccnc1CNCCNCc1ccccn1. The first-order valence-electron chi connectivity index (χ1n) is 7.64. The fraction of sp³-hybridized carbons (Fsp3) is 0.412. The van der Waals surface area contributed by atoms with Gasteiger partial charge in [-0.15, -0.1) is 0 Å². The van der Waals surface area contributed by atoms with Crippen molar-refractivity contribution in [2.45, 2.75) is 32.9 Å². The first kappa shape index (κ1) is 15.6. The largest absolute Gasteiger partial charge is 0.310 e. The molecule has 0 fully saturated rings. The van der Waals surface area contributed by atoms with E-state index in [-0.39, 0.29) is 0 Å². The van der Waals surface area contributed by atoms with Crippen LogP contribution in [0.1, 0.15) is 30.3 Å². The Morgan fingerprint density at radius 3 is 2.48 bits per heavy atom. The predicted octanol–water partition coefficient (Wildman–Crippen LogP) is 2.31. The summed E-state index contributed by atoms with van der Waals surface area (Å²) in [6, 6.07) is 10.2. The number of nitrogens with zero attached hydrogens (tertiary/aromatic N) is 2. The average Bonchev–Trinajstić information content (AvgIpc) is 2.53. The van der Waals surface area contributed by atoms with E-state index in [4.69, 9.17) is 0 Å². The lowest BCUT2D eigenvalue weighted by Gasteiger charge is -2.09. The van der Waals surface area contributed by atoms with E-state index < -0.39 is 0 Å². The highest BCUT2D eigenvalue weighted by Gasteiger charge is 2.01. The maximum absolute atomic E-state index is 4.47. The van der Waals surface area contributed by atoms with Crippen molar-refractivity contribution >= 4 is 0 Å². The van der Waals surface area contributed by atoms with Gasteiger partial charge in [0, 0.05) is 38.6 Å². The monoisotopic (exact) mass is 284 g/mol. The number of aromatic nitrogens is 2. The quantitative estimate of drug-likeness (QED) is 0.694. The van der Waals surface area contributed by atoms with Gasteiger partial charge in [0.1, 0.15) is 0 Å². The standard InChI is InChI=1S/C17H24N4/c1-2-6-15-7-5-10-21-17(15)14-19-12-11-18-13-16-8-3-4-9-20-16/h3-5,7-10,18-19H,2,6,11-14H2,1H3. The second kappa shape index (κ2) is 9.21. The molecule has 0 unspecified atom stereocenters. The highest BCUT2D eigenvalue weighted by molar-refractivity contribution is 5.19. The maximum atomic E-state index is 4.47. The van der Waals surface area contributed by atoms with Crippen molar-refractivity contribution in [3.63, 3.8) is 0 Å². The summed E-state index contributed by atoms with van der Waals surface area (Å²) < 4.78 is 0. The van der Waals surface area contributed by atoms with Crippen LogP contribution < -0.4 is 10.6 Å². The van der Waals surface area contributed by atoms with Crippen LogP contribution in [0.4, 0.5) is 0 Å². The molecule has 2 rings (SSSR count). The Morgan fingerprint density at radius 1 is 0.905 bits per heavy atom. The molecule has 4 nitrogen and oxygen atoms in total. The van der Waals surface area contributed by atoms with Crippen LogP contribution in [0.25, 0.3) is 0 Å². The number of rotatable bonds is 9. The van der Waals surface area contributed by atoms with Gasteiger partial charge < -0.3 is 10.6 Å². The molecule has 0 aliphatic heterocycles. The first-order chi connectivity index (χ1) is 10.4. The van der Waals surface area contributed by atoms with Crippen molar-refractivity contribution < 1.29 is 0 Å². The van der Waals surface area contributed by atoms with Gasteiger partial charge in [0.15, 0.2) is 0 Å². The van der Waals surface area contributed by atoms with E-state index in [1.54, 1.807) is 0 Å². The van der Waals surface area contributed by atoms with Crippen LogP contribution >= 0.6 is 0 Å². The molecule has 112 valence electrons. The van der Waals surface area contributed by atoms with Crippen molar-refractivity contribution in [1.29, 1.82) is 0 Å². The van der Waals surface area contributed by atoms with Crippen LogP contribution in [0, 0.1) is 0 Å². The smallest absolute Gasteiger partial charge is 0.0573 e. The molecule has 2 aromatic rings. The summed E-state index contributed by atoms with van der Waals surface area (Å²) in [5.74, 6) is 0. The second-order valence-corrected chi connectivity index (χ2v) is 5.03. The third-order valence-electron chi connectivity index (χ3n) is 3.31. The Kier molecular flexibility index (Phi) is 6.84. The molecule has 0 aliphatic rings. The van der Waals surface area contributed by atoms with Crippen LogP contribution in [-0.4, -0.2) is 23.1 Å². The highest BCUT2D eigenvalue weighted by atomic mass is 15.0. The zero-order chi connectivity index (χ0) is 14.8. The van der Waals surface area contributed by atoms with Crippen molar-refractivity contribution in [3.8, 4) is 0 Å². The van der Waals surface area contributed by atoms with E-state index >= 15 is 0 Å². The molecule has 0 radical (unpaired) electrons. The molecule has 0 saturated heterocycles. The number of nitrogens with one attached hydrogen (secondary N) is 2. The van der Waals surface area contributed by atoms with Gasteiger partial charge in [-0.25, -0.2) is 0 Å². The van der Waals surface area contributed by atoms with Crippen molar-refractivity contribution in [3.05, 3.63) is 59.7 Å². The zero-order valence-electron chi connectivity index (χ0n) is 12.7. The van der Waals surface area contributed by atoms with Crippen molar-refractivity contribution in [2.24, 2.45) is 0 Å². The first-order valence-corrected chi connectivity index (χ1v) is 7.64. The van der Waals surface area contributed by atoms with Gasteiger partial charge in [-0.05, 0) is 30.2 Å². The van der Waals surface area contributed by atoms with Crippen LogP contribution in [0.5, 0.6) is 0 Å².